The van der Waals surface area contributed by atoms with E-state index >= 15 is 0 Å². The van der Waals surface area contributed by atoms with E-state index in [0.717, 1.165) is 0 Å². The molecule has 0 bridgehead atoms. The maximum Gasteiger partial charge on any atom is 0.0948 e. The summed E-state index contributed by atoms with van der Waals surface area (Å²) < 4.78 is 2.38. The number of nitrogens with zero attached hydrogens (tertiary/aromatic N) is 2. The fraction of sp³-hybridized carbons (Fsp3) is 0.609. The quantitative estimate of drug-likeness (QED) is 0.365. The molecule has 25 heavy (non-hydrogen) atoms. The van der Waals surface area contributed by atoms with Gasteiger partial charge in [-0.15, -0.1) is 0 Å². The predicted octanol–water partition coefficient (Wildman–Crippen LogP) is 6.83. The third kappa shape index (κ3) is 7.05. The summed E-state index contributed by atoms with van der Waals surface area (Å²) in [5.74, 6) is 0.699. The first kappa shape index (κ1) is 19.8. The normalized spacial score (nSPS) is 13.7. The van der Waals surface area contributed by atoms with E-state index in [9.17, 15) is 0 Å². The molecule has 1 aromatic carbocycles. The molecular weight excluding hydrogens is 304 g/mol. The van der Waals surface area contributed by atoms with Gasteiger partial charge in [-0.3, -0.25) is 0 Å². The third-order valence-electron chi connectivity index (χ3n) is 5.32. The summed E-state index contributed by atoms with van der Waals surface area (Å²) in [6, 6.07) is 11.6. The fourth-order valence-electron chi connectivity index (χ4n) is 3.88. The van der Waals surface area contributed by atoms with Crippen LogP contribution in [0.5, 0.6) is 0 Å². The average Bonchev–Trinajstić information content (AvgIpc) is 3.16. The molecule has 0 saturated carbocycles. The van der Waals surface area contributed by atoms with Crippen molar-refractivity contribution in [2.45, 2.75) is 84.1 Å². The second kappa shape index (κ2) is 11.9. The number of imidazole rings is 1. The molecule has 2 heteroatoms. The van der Waals surface area contributed by atoms with Crippen molar-refractivity contribution in [3.63, 3.8) is 0 Å². The number of hydrogen-bond acceptors (Lipinski definition) is 1. The van der Waals surface area contributed by atoms with Gasteiger partial charge in [0.2, 0.25) is 0 Å². The molecule has 0 spiro atoms. The Morgan fingerprint density at radius 2 is 1.60 bits per heavy atom. The Kier molecular flexibility index (Phi) is 9.40. The van der Waals surface area contributed by atoms with Crippen molar-refractivity contribution >= 4 is 0 Å². The lowest BCUT2D eigenvalue weighted by atomic mass is 9.84. The number of rotatable bonds is 13. The molecule has 0 N–H and O–H groups in total. The number of hydrogen-bond donors (Lipinski definition) is 0. The number of unbranched alkanes of at least 4 members (excludes halogenated alkanes) is 5. The summed E-state index contributed by atoms with van der Waals surface area (Å²) in [7, 11) is 0. The molecule has 2 rings (SSSR count). The van der Waals surface area contributed by atoms with Crippen molar-refractivity contribution in [2.24, 2.45) is 5.92 Å². The molecule has 138 valence electrons. The van der Waals surface area contributed by atoms with Crippen molar-refractivity contribution in [1.29, 1.82) is 0 Å². The minimum Gasteiger partial charge on any atom is -0.334 e. The lowest BCUT2D eigenvalue weighted by Gasteiger charge is -2.29. The first-order chi connectivity index (χ1) is 12.3. The highest BCUT2D eigenvalue weighted by Gasteiger charge is 2.22. The summed E-state index contributed by atoms with van der Waals surface area (Å²) in [5.41, 5.74) is 1.47. The maximum atomic E-state index is 4.34. The van der Waals surface area contributed by atoms with Gasteiger partial charge in [0.25, 0.3) is 0 Å². The van der Waals surface area contributed by atoms with Crippen LogP contribution >= 0.6 is 0 Å². The molecule has 0 radical (unpaired) electrons. The highest BCUT2D eigenvalue weighted by atomic mass is 15.1. The monoisotopic (exact) mass is 340 g/mol. The topological polar surface area (TPSA) is 17.8 Å². The Hall–Kier alpha value is -1.57. The number of aromatic nitrogens is 2. The van der Waals surface area contributed by atoms with Crippen LogP contribution in [0.4, 0.5) is 0 Å². The highest BCUT2D eigenvalue weighted by Crippen LogP contribution is 2.32. The summed E-state index contributed by atoms with van der Waals surface area (Å²) >= 11 is 0. The molecular formula is C23H36N2. The molecule has 2 atom stereocenters. The smallest absolute Gasteiger partial charge is 0.0948 e. The zero-order chi connectivity index (χ0) is 17.7. The molecule has 0 saturated heterocycles. The largest absolute Gasteiger partial charge is 0.334 e. The summed E-state index contributed by atoms with van der Waals surface area (Å²) in [4.78, 5) is 4.34. The van der Waals surface area contributed by atoms with Crippen LogP contribution in [0.1, 0.15) is 83.2 Å². The van der Waals surface area contributed by atoms with Gasteiger partial charge in [-0.25, -0.2) is 4.98 Å². The molecule has 0 fully saturated rings. The van der Waals surface area contributed by atoms with Crippen LogP contribution in [0, 0.1) is 5.92 Å². The Labute approximate surface area is 154 Å². The molecule has 0 aliphatic heterocycles. The molecule has 1 heterocycles. The van der Waals surface area contributed by atoms with Crippen LogP contribution in [-0.2, 0) is 6.42 Å². The standard InChI is InChI=1S/C23H36N2/c1-3-5-7-12-16-23(25-18-17-24-20-25)22(15-9-6-4-2)19-21-13-10-8-11-14-21/h8,10-11,13-14,17-18,20,22-23H,3-7,9,12,15-16,19H2,1-2H3. The van der Waals surface area contributed by atoms with E-state index in [0.29, 0.717) is 12.0 Å². The summed E-state index contributed by atoms with van der Waals surface area (Å²) in [6.45, 7) is 4.58. The first-order valence-corrected chi connectivity index (χ1v) is 10.4. The van der Waals surface area contributed by atoms with Gasteiger partial charge in [-0.1, -0.05) is 89.1 Å². The lowest BCUT2D eigenvalue weighted by Crippen LogP contribution is -2.21. The van der Waals surface area contributed by atoms with Crippen LogP contribution in [0.2, 0.25) is 0 Å². The van der Waals surface area contributed by atoms with Crippen LogP contribution in [0.3, 0.4) is 0 Å². The SMILES string of the molecule is CCCCCCC(C(CCCCC)Cc1ccccc1)n1ccnc1. The zero-order valence-electron chi connectivity index (χ0n) is 16.2. The van der Waals surface area contributed by atoms with Gasteiger partial charge >= 0.3 is 0 Å². The Morgan fingerprint density at radius 3 is 2.28 bits per heavy atom. The molecule has 0 amide bonds. The van der Waals surface area contributed by atoms with Gasteiger partial charge in [-0.2, -0.15) is 0 Å². The van der Waals surface area contributed by atoms with Gasteiger partial charge in [0.15, 0.2) is 0 Å². The average molecular weight is 341 g/mol. The van der Waals surface area contributed by atoms with Crippen molar-refractivity contribution in [3.8, 4) is 0 Å². The molecule has 2 nitrogen and oxygen atoms in total. The van der Waals surface area contributed by atoms with E-state index in [1.165, 1.54) is 69.8 Å². The van der Waals surface area contributed by atoms with Gasteiger partial charge < -0.3 is 4.57 Å². The molecule has 2 aromatic rings. The van der Waals surface area contributed by atoms with E-state index in [2.05, 4.69) is 59.9 Å². The Balaban J connectivity index is 2.09. The minimum absolute atomic E-state index is 0.580. The zero-order valence-corrected chi connectivity index (χ0v) is 16.2. The van der Waals surface area contributed by atoms with Crippen LogP contribution < -0.4 is 0 Å². The van der Waals surface area contributed by atoms with Gasteiger partial charge in [0.1, 0.15) is 0 Å². The van der Waals surface area contributed by atoms with Crippen molar-refractivity contribution in [2.75, 3.05) is 0 Å². The van der Waals surface area contributed by atoms with Gasteiger partial charge in [-0.05, 0) is 30.7 Å². The van der Waals surface area contributed by atoms with E-state index < -0.39 is 0 Å². The van der Waals surface area contributed by atoms with Crippen molar-refractivity contribution in [3.05, 3.63) is 54.6 Å². The van der Waals surface area contributed by atoms with E-state index in [1.54, 1.807) is 0 Å². The highest BCUT2D eigenvalue weighted by molar-refractivity contribution is 5.15. The second-order valence-electron chi connectivity index (χ2n) is 7.37. The van der Waals surface area contributed by atoms with E-state index in [1.807, 2.05) is 12.5 Å². The van der Waals surface area contributed by atoms with E-state index in [4.69, 9.17) is 0 Å². The van der Waals surface area contributed by atoms with Gasteiger partial charge in [0.05, 0.1) is 6.33 Å². The van der Waals surface area contributed by atoms with Crippen LogP contribution in [0.15, 0.2) is 49.1 Å². The Bertz CT molecular complexity index is 532. The van der Waals surface area contributed by atoms with Crippen molar-refractivity contribution < 1.29 is 0 Å². The second-order valence-corrected chi connectivity index (χ2v) is 7.37. The molecule has 0 aliphatic carbocycles. The summed E-state index contributed by atoms with van der Waals surface area (Å²) in [5, 5.41) is 0. The summed E-state index contributed by atoms with van der Waals surface area (Å²) in [6.07, 6.45) is 19.2. The Morgan fingerprint density at radius 1 is 0.880 bits per heavy atom. The van der Waals surface area contributed by atoms with Gasteiger partial charge in [0, 0.05) is 18.4 Å². The molecule has 1 aromatic heterocycles. The molecule has 0 aliphatic rings. The van der Waals surface area contributed by atoms with E-state index in [-0.39, 0.29) is 0 Å². The number of benzene rings is 1. The lowest BCUT2D eigenvalue weighted by molar-refractivity contribution is 0.276. The first-order valence-electron chi connectivity index (χ1n) is 10.4. The van der Waals surface area contributed by atoms with Crippen LogP contribution in [-0.4, -0.2) is 9.55 Å². The molecule has 2 unspecified atom stereocenters. The predicted molar refractivity (Wildman–Crippen MR) is 108 cm³/mol. The minimum atomic E-state index is 0.580. The maximum absolute atomic E-state index is 4.34. The third-order valence-corrected chi connectivity index (χ3v) is 5.32. The van der Waals surface area contributed by atoms with Crippen LogP contribution in [0.25, 0.3) is 0 Å². The van der Waals surface area contributed by atoms with Crippen molar-refractivity contribution in [1.82, 2.24) is 9.55 Å². The fourth-order valence-corrected chi connectivity index (χ4v) is 3.88.